The van der Waals surface area contributed by atoms with Crippen molar-refractivity contribution >= 4 is 21.6 Å². The Morgan fingerprint density at radius 3 is 2.56 bits per heavy atom. The average molecular weight is 259 g/mol. The molecule has 0 aromatic heterocycles. The highest BCUT2D eigenvalue weighted by molar-refractivity contribution is 7.99. The fraction of sp³-hybridized carbons (Fsp3) is 0.455. The zero-order valence-electron chi connectivity index (χ0n) is 9.56. The second-order valence-corrected chi connectivity index (χ2v) is 6.48. The van der Waals surface area contributed by atoms with Gasteiger partial charge in [-0.05, 0) is 43.3 Å². The van der Waals surface area contributed by atoms with E-state index in [1.807, 2.05) is 18.4 Å². The van der Waals surface area contributed by atoms with E-state index in [2.05, 4.69) is 0 Å². The molecule has 0 fully saturated rings. The van der Waals surface area contributed by atoms with Gasteiger partial charge < -0.3 is 5.73 Å². The third-order valence-electron chi connectivity index (χ3n) is 2.30. The van der Waals surface area contributed by atoms with Crippen LogP contribution in [0, 0.1) is 0 Å². The molecular weight excluding hydrogens is 242 g/mol. The van der Waals surface area contributed by atoms with Crippen LogP contribution >= 0.6 is 11.8 Å². The van der Waals surface area contributed by atoms with E-state index in [-0.39, 0.29) is 0 Å². The van der Waals surface area contributed by atoms with Gasteiger partial charge in [0.1, 0.15) is 0 Å². The first-order valence-corrected chi connectivity index (χ1v) is 8.17. The van der Waals surface area contributed by atoms with Crippen LogP contribution in [-0.2, 0) is 16.3 Å². The lowest BCUT2D eigenvalue weighted by Gasteiger charge is -2.08. The van der Waals surface area contributed by atoms with Crippen molar-refractivity contribution in [2.75, 3.05) is 19.1 Å². The van der Waals surface area contributed by atoms with E-state index in [9.17, 15) is 8.42 Å². The summed E-state index contributed by atoms with van der Waals surface area (Å²) in [6.07, 6.45) is 4.83. The Hall–Kier alpha value is -0.520. The molecular formula is C11H17NO2S2. The lowest BCUT2D eigenvalue weighted by atomic mass is 10.1. The van der Waals surface area contributed by atoms with E-state index in [0.717, 1.165) is 23.3 Å². The molecule has 90 valence electrons. The third-order valence-corrected chi connectivity index (χ3v) is 4.36. The lowest BCUT2D eigenvalue weighted by molar-refractivity contribution is 0.599. The molecule has 3 nitrogen and oxygen atoms in total. The number of nitrogens with two attached hydrogens (primary N) is 1. The van der Waals surface area contributed by atoms with E-state index in [1.54, 1.807) is 6.07 Å². The van der Waals surface area contributed by atoms with Crippen molar-refractivity contribution in [3.8, 4) is 0 Å². The predicted octanol–water partition coefficient (Wildman–Crippen LogP) is 1.70. The van der Waals surface area contributed by atoms with Crippen LogP contribution in [0.3, 0.4) is 0 Å². The van der Waals surface area contributed by atoms with Crippen molar-refractivity contribution in [1.29, 1.82) is 0 Å². The molecule has 0 atom stereocenters. The number of thioether (sulfide) groups is 1. The van der Waals surface area contributed by atoms with Crippen LogP contribution in [0.25, 0.3) is 0 Å². The van der Waals surface area contributed by atoms with Gasteiger partial charge >= 0.3 is 0 Å². The Morgan fingerprint density at radius 1 is 1.38 bits per heavy atom. The molecule has 0 bridgehead atoms. The maximum absolute atomic E-state index is 11.6. The second-order valence-electron chi connectivity index (χ2n) is 3.65. The molecule has 16 heavy (non-hydrogen) atoms. The zero-order valence-corrected chi connectivity index (χ0v) is 11.2. The largest absolute Gasteiger partial charge is 0.330 e. The highest BCUT2D eigenvalue weighted by Gasteiger charge is 2.13. The second kappa shape index (κ2) is 5.70. The summed E-state index contributed by atoms with van der Waals surface area (Å²) in [5, 5.41) is 0. The van der Waals surface area contributed by atoms with Gasteiger partial charge in [0.25, 0.3) is 0 Å². The molecule has 0 amide bonds. The molecule has 5 heteroatoms. The highest BCUT2D eigenvalue weighted by Crippen LogP contribution is 2.26. The Balaban J connectivity index is 3.12. The summed E-state index contributed by atoms with van der Waals surface area (Å²) in [6, 6.07) is 5.60. The summed E-state index contributed by atoms with van der Waals surface area (Å²) >= 11 is 1.45. The van der Waals surface area contributed by atoms with Crippen molar-refractivity contribution in [3.63, 3.8) is 0 Å². The average Bonchev–Trinajstić information content (AvgIpc) is 2.24. The molecule has 1 aromatic carbocycles. The van der Waals surface area contributed by atoms with Gasteiger partial charge in [-0.2, -0.15) is 0 Å². The molecule has 0 saturated heterocycles. The topological polar surface area (TPSA) is 60.2 Å². The quantitative estimate of drug-likeness (QED) is 0.818. The Kier molecular flexibility index (Phi) is 4.83. The van der Waals surface area contributed by atoms with Crippen LogP contribution in [0.2, 0.25) is 0 Å². The molecule has 0 heterocycles. The fourth-order valence-corrected chi connectivity index (χ4v) is 3.44. The molecule has 2 N–H and O–H groups in total. The fourth-order valence-electron chi connectivity index (χ4n) is 1.47. The summed E-state index contributed by atoms with van der Waals surface area (Å²) in [4.78, 5) is 1.23. The molecule has 0 aliphatic rings. The van der Waals surface area contributed by atoms with E-state index < -0.39 is 9.84 Å². The number of rotatable bonds is 5. The predicted molar refractivity (Wildman–Crippen MR) is 68.7 cm³/mol. The maximum Gasteiger partial charge on any atom is 0.176 e. The van der Waals surface area contributed by atoms with Crippen molar-refractivity contribution in [2.45, 2.75) is 22.6 Å². The number of aryl methyl sites for hydroxylation is 1. The maximum atomic E-state index is 11.6. The number of sulfone groups is 1. The third kappa shape index (κ3) is 3.50. The SMILES string of the molecule is CSc1ccc(CCCN)cc1S(C)(=O)=O. The van der Waals surface area contributed by atoms with Crippen LogP contribution < -0.4 is 5.73 Å². The first-order chi connectivity index (χ1) is 7.49. The van der Waals surface area contributed by atoms with E-state index in [1.165, 1.54) is 18.0 Å². The van der Waals surface area contributed by atoms with E-state index in [4.69, 9.17) is 5.73 Å². The summed E-state index contributed by atoms with van der Waals surface area (Å²) in [7, 11) is -3.15. The number of hydrogen-bond donors (Lipinski definition) is 1. The van der Waals surface area contributed by atoms with Gasteiger partial charge in [0.2, 0.25) is 0 Å². The van der Waals surface area contributed by atoms with Gasteiger partial charge in [0.15, 0.2) is 9.84 Å². The van der Waals surface area contributed by atoms with Gasteiger partial charge in [0.05, 0.1) is 4.90 Å². The van der Waals surface area contributed by atoms with Gasteiger partial charge in [-0.25, -0.2) is 8.42 Å². The summed E-state index contributed by atoms with van der Waals surface area (Å²) in [6.45, 7) is 0.623. The van der Waals surface area contributed by atoms with Crippen LogP contribution in [-0.4, -0.2) is 27.5 Å². The first-order valence-electron chi connectivity index (χ1n) is 5.06. The molecule has 0 aliphatic heterocycles. The summed E-state index contributed by atoms with van der Waals surface area (Å²) < 4.78 is 23.2. The van der Waals surface area contributed by atoms with Crippen LogP contribution in [0.5, 0.6) is 0 Å². The molecule has 1 aromatic rings. The standard InChI is InChI=1S/C11H17NO2S2/c1-15-10-6-5-9(4-3-7-12)8-11(10)16(2,13)14/h5-6,8H,3-4,7,12H2,1-2H3. The van der Waals surface area contributed by atoms with E-state index >= 15 is 0 Å². The molecule has 0 spiro atoms. The Bertz CT molecular complexity index is 455. The smallest absolute Gasteiger partial charge is 0.176 e. The van der Waals surface area contributed by atoms with Gasteiger partial charge in [-0.1, -0.05) is 6.07 Å². The molecule has 0 saturated carbocycles. The summed E-state index contributed by atoms with van der Waals surface area (Å²) in [5.74, 6) is 0. The van der Waals surface area contributed by atoms with Gasteiger partial charge in [0, 0.05) is 11.2 Å². The molecule has 0 unspecified atom stereocenters. The first kappa shape index (κ1) is 13.5. The normalized spacial score (nSPS) is 11.7. The van der Waals surface area contributed by atoms with Crippen LogP contribution in [0.4, 0.5) is 0 Å². The van der Waals surface area contributed by atoms with Crippen molar-refractivity contribution in [3.05, 3.63) is 23.8 Å². The van der Waals surface area contributed by atoms with Crippen molar-refractivity contribution < 1.29 is 8.42 Å². The number of benzene rings is 1. The van der Waals surface area contributed by atoms with Gasteiger partial charge in [-0.3, -0.25) is 0 Å². The molecule has 0 radical (unpaired) electrons. The minimum absolute atomic E-state index is 0.425. The monoisotopic (exact) mass is 259 g/mol. The van der Waals surface area contributed by atoms with Crippen molar-refractivity contribution in [2.24, 2.45) is 5.73 Å². The lowest BCUT2D eigenvalue weighted by Crippen LogP contribution is -2.03. The Morgan fingerprint density at radius 2 is 2.06 bits per heavy atom. The van der Waals surface area contributed by atoms with Crippen LogP contribution in [0.15, 0.2) is 28.0 Å². The molecule has 0 aliphatic carbocycles. The van der Waals surface area contributed by atoms with E-state index in [0.29, 0.717) is 11.4 Å². The molecule has 1 rings (SSSR count). The zero-order chi connectivity index (χ0) is 12.2. The Labute approximate surface area is 101 Å². The minimum Gasteiger partial charge on any atom is -0.330 e. The van der Waals surface area contributed by atoms with Crippen molar-refractivity contribution in [1.82, 2.24) is 0 Å². The van der Waals surface area contributed by atoms with Crippen LogP contribution in [0.1, 0.15) is 12.0 Å². The van der Waals surface area contributed by atoms with Gasteiger partial charge in [-0.15, -0.1) is 11.8 Å². The summed E-state index contributed by atoms with van der Waals surface area (Å²) in [5.41, 5.74) is 6.47. The highest BCUT2D eigenvalue weighted by atomic mass is 32.2. The number of hydrogen-bond acceptors (Lipinski definition) is 4. The minimum atomic E-state index is -3.15.